The lowest BCUT2D eigenvalue weighted by molar-refractivity contribution is -0.143. The lowest BCUT2D eigenvalue weighted by Crippen LogP contribution is -2.58. The predicted octanol–water partition coefficient (Wildman–Crippen LogP) is 2.41. The van der Waals surface area contributed by atoms with Crippen molar-refractivity contribution in [2.45, 2.75) is 100 Å². The normalized spacial score (nSPS) is 20.1. The van der Waals surface area contributed by atoms with E-state index in [1.807, 2.05) is 13.8 Å². The van der Waals surface area contributed by atoms with Crippen molar-refractivity contribution in [1.82, 2.24) is 26.2 Å². The van der Waals surface area contributed by atoms with E-state index in [9.17, 15) is 33.6 Å². The third-order valence-electron chi connectivity index (χ3n) is 9.47. The molecule has 1 aliphatic carbocycles. The van der Waals surface area contributed by atoms with E-state index < -0.39 is 70.3 Å². The highest BCUT2D eigenvalue weighted by molar-refractivity contribution is 8.21. The first kappa shape index (κ1) is 41.0. The van der Waals surface area contributed by atoms with Gasteiger partial charge in [0.05, 0.1) is 23.3 Å². The standard InChI is InChI=1S/C36H52N6O8S2/c1-4-11-25(30(44)33(47)38-19-27(43)40-28(31(37)45)23-12-7-5-8-13-23)39-32(46)26-18-36(51-16-17-52-36)21-42(26)34(48)29(24-14-9-6-10-15-24)41-35(49)50-20-22(2)3/h5,7-8,12-13,22,24-26,28-29H,4,6,9-11,14-21H2,1-3H3,(H2,37,45)(H,38,47)(H,39,46)(H,40,43)(H,41,49)/t25?,26-,28?,29?/m0/s1. The number of thioether (sulfide) groups is 2. The minimum atomic E-state index is -1.21. The Balaban J connectivity index is 1.45. The molecule has 6 N–H and O–H groups in total. The third-order valence-corrected chi connectivity index (χ3v) is 12.9. The Kier molecular flexibility index (Phi) is 15.2. The van der Waals surface area contributed by atoms with Gasteiger partial charge in [-0.25, -0.2) is 4.79 Å². The average molecular weight is 761 g/mol. The zero-order chi connectivity index (χ0) is 37.8. The summed E-state index contributed by atoms with van der Waals surface area (Å²) in [7, 11) is 0. The maximum absolute atomic E-state index is 14.4. The van der Waals surface area contributed by atoms with Crippen LogP contribution in [0, 0.1) is 11.8 Å². The lowest BCUT2D eigenvalue weighted by atomic mass is 9.83. The molecule has 4 rings (SSSR count). The van der Waals surface area contributed by atoms with Gasteiger partial charge in [-0.15, -0.1) is 23.5 Å². The van der Waals surface area contributed by atoms with Gasteiger partial charge in [-0.05, 0) is 36.7 Å². The molecule has 6 amide bonds. The molecule has 0 bridgehead atoms. The van der Waals surface area contributed by atoms with Crippen LogP contribution in [0.3, 0.4) is 0 Å². The van der Waals surface area contributed by atoms with Crippen molar-refractivity contribution < 1.29 is 38.3 Å². The Morgan fingerprint density at radius 1 is 0.962 bits per heavy atom. The summed E-state index contributed by atoms with van der Waals surface area (Å²) >= 11 is 3.40. The molecule has 0 radical (unpaired) electrons. The molecule has 3 aliphatic rings. The van der Waals surface area contributed by atoms with Crippen molar-refractivity contribution in [3.63, 3.8) is 0 Å². The molecule has 16 heteroatoms. The van der Waals surface area contributed by atoms with Gasteiger partial charge in [0.1, 0.15) is 18.1 Å². The van der Waals surface area contributed by atoms with Gasteiger partial charge in [0, 0.05) is 24.5 Å². The smallest absolute Gasteiger partial charge is 0.407 e. The zero-order valence-corrected chi connectivity index (χ0v) is 31.8. The molecule has 2 aliphatic heterocycles. The molecule has 0 aromatic heterocycles. The van der Waals surface area contributed by atoms with Gasteiger partial charge in [0.25, 0.3) is 5.91 Å². The fourth-order valence-electron chi connectivity index (χ4n) is 6.86. The van der Waals surface area contributed by atoms with Crippen molar-refractivity contribution >= 4 is 64.9 Å². The number of carbonyl (C=O) groups is 7. The fourth-order valence-corrected chi connectivity index (χ4v) is 10.1. The molecule has 52 heavy (non-hydrogen) atoms. The number of carbonyl (C=O) groups excluding carboxylic acids is 7. The number of alkyl carbamates (subject to hydrolysis) is 1. The molecule has 2 heterocycles. The Morgan fingerprint density at radius 2 is 1.63 bits per heavy atom. The van der Waals surface area contributed by atoms with Crippen molar-refractivity contribution in [3.05, 3.63) is 35.9 Å². The number of nitrogens with two attached hydrogens (primary N) is 1. The first-order valence-corrected chi connectivity index (χ1v) is 20.1. The second-order valence-corrected chi connectivity index (χ2v) is 17.2. The number of likely N-dealkylation sites (tertiary alicyclic amines) is 1. The number of primary amides is 1. The predicted molar refractivity (Wildman–Crippen MR) is 199 cm³/mol. The van der Waals surface area contributed by atoms with Crippen molar-refractivity contribution in [2.24, 2.45) is 17.6 Å². The minimum absolute atomic E-state index is 0.113. The Bertz CT molecular complexity index is 1450. The van der Waals surface area contributed by atoms with Crippen molar-refractivity contribution in [3.8, 4) is 0 Å². The van der Waals surface area contributed by atoms with Crippen LogP contribution in [-0.2, 0) is 33.5 Å². The largest absolute Gasteiger partial charge is 0.449 e. The van der Waals surface area contributed by atoms with Gasteiger partial charge < -0.3 is 36.6 Å². The molecular formula is C36H52N6O8S2. The van der Waals surface area contributed by atoms with Gasteiger partial charge in [0.15, 0.2) is 0 Å². The molecule has 1 saturated carbocycles. The van der Waals surface area contributed by atoms with Crippen LogP contribution in [-0.4, -0.2) is 99.7 Å². The number of amides is 6. The summed E-state index contributed by atoms with van der Waals surface area (Å²) in [6.45, 7) is 5.54. The monoisotopic (exact) mass is 760 g/mol. The van der Waals surface area contributed by atoms with E-state index in [0.29, 0.717) is 24.9 Å². The van der Waals surface area contributed by atoms with Crippen LogP contribution in [0.25, 0.3) is 0 Å². The van der Waals surface area contributed by atoms with Gasteiger partial charge in [-0.2, -0.15) is 0 Å². The van der Waals surface area contributed by atoms with Crippen LogP contribution in [0.15, 0.2) is 30.3 Å². The van der Waals surface area contributed by atoms with Crippen LogP contribution < -0.4 is 27.0 Å². The SMILES string of the molecule is CCCC(NC(=O)[C@@H]1CC2(CN1C(=O)C(NC(=O)OCC(C)C)C1CCCCC1)SCCS2)C(=O)C(=O)NCC(=O)NC(C(N)=O)c1ccccc1. The van der Waals surface area contributed by atoms with Crippen molar-refractivity contribution in [2.75, 3.05) is 31.2 Å². The van der Waals surface area contributed by atoms with E-state index in [0.717, 1.165) is 43.6 Å². The van der Waals surface area contributed by atoms with Crippen molar-refractivity contribution in [1.29, 1.82) is 0 Å². The highest BCUT2D eigenvalue weighted by Gasteiger charge is 2.53. The summed E-state index contributed by atoms with van der Waals surface area (Å²) in [4.78, 5) is 93.9. The number of Topliss-reactive ketones (excluding diaryl/α,β-unsaturated/α-hetero) is 1. The number of nitrogens with one attached hydrogen (secondary N) is 4. The molecule has 3 fully saturated rings. The quantitative estimate of drug-likeness (QED) is 0.156. The van der Waals surface area contributed by atoms with Crippen LogP contribution in [0.2, 0.25) is 0 Å². The molecular weight excluding hydrogens is 709 g/mol. The molecule has 1 aromatic carbocycles. The number of ether oxygens (including phenoxy) is 1. The molecule has 1 spiro atoms. The Labute approximate surface area is 313 Å². The van der Waals surface area contributed by atoms with Crippen LogP contribution >= 0.6 is 23.5 Å². The molecule has 286 valence electrons. The lowest BCUT2D eigenvalue weighted by Gasteiger charge is -2.34. The number of hydrogen-bond acceptors (Lipinski definition) is 10. The maximum atomic E-state index is 14.4. The van der Waals surface area contributed by atoms with Gasteiger partial charge >= 0.3 is 6.09 Å². The zero-order valence-electron chi connectivity index (χ0n) is 30.2. The van der Waals surface area contributed by atoms with Crippen LogP contribution in [0.1, 0.15) is 83.7 Å². The van der Waals surface area contributed by atoms with E-state index >= 15 is 0 Å². The number of benzene rings is 1. The maximum Gasteiger partial charge on any atom is 0.407 e. The third kappa shape index (κ3) is 11.1. The summed E-state index contributed by atoms with van der Waals surface area (Å²) in [6.07, 6.45) is 4.70. The van der Waals surface area contributed by atoms with Crippen LogP contribution in [0.4, 0.5) is 4.79 Å². The number of nitrogens with zero attached hydrogens (tertiary/aromatic N) is 1. The second kappa shape index (κ2) is 19.3. The number of rotatable bonds is 16. The second-order valence-electron chi connectivity index (χ2n) is 14.0. The summed E-state index contributed by atoms with van der Waals surface area (Å²) in [6, 6.07) is 4.20. The number of ketones is 1. The minimum Gasteiger partial charge on any atom is -0.449 e. The summed E-state index contributed by atoms with van der Waals surface area (Å²) < 4.78 is 4.98. The fraction of sp³-hybridized carbons (Fsp3) is 0.639. The van der Waals surface area contributed by atoms with Gasteiger partial charge in [-0.3, -0.25) is 28.8 Å². The first-order chi connectivity index (χ1) is 24.8. The average Bonchev–Trinajstić information content (AvgIpc) is 3.77. The van der Waals surface area contributed by atoms with E-state index in [-0.39, 0.29) is 30.8 Å². The first-order valence-electron chi connectivity index (χ1n) is 18.1. The summed E-state index contributed by atoms with van der Waals surface area (Å²) in [5.74, 6) is -2.75. The van der Waals surface area contributed by atoms with Crippen LogP contribution in [0.5, 0.6) is 0 Å². The molecule has 1 aromatic rings. The summed E-state index contributed by atoms with van der Waals surface area (Å²) in [5, 5.41) is 10.3. The molecule has 14 nitrogen and oxygen atoms in total. The van der Waals surface area contributed by atoms with Gasteiger partial charge in [0.2, 0.25) is 29.4 Å². The van der Waals surface area contributed by atoms with E-state index in [1.165, 1.54) is 0 Å². The Morgan fingerprint density at radius 3 is 2.25 bits per heavy atom. The topological polar surface area (TPSA) is 206 Å². The van der Waals surface area contributed by atoms with E-state index in [1.54, 1.807) is 65.7 Å². The molecule has 2 saturated heterocycles. The highest BCUT2D eigenvalue weighted by atomic mass is 32.2. The highest BCUT2D eigenvalue weighted by Crippen LogP contribution is 2.52. The molecule has 3 unspecified atom stereocenters. The number of hydrogen-bond donors (Lipinski definition) is 5. The van der Waals surface area contributed by atoms with Gasteiger partial charge in [-0.1, -0.05) is 76.8 Å². The summed E-state index contributed by atoms with van der Waals surface area (Å²) in [5.41, 5.74) is 5.93. The molecule has 4 atom stereocenters. The van der Waals surface area contributed by atoms with E-state index in [4.69, 9.17) is 10.5 Å². The van der Waals surface area contributed by atoms with E-state index in [2.05, 4.69) is 21.3 Å². The Hall–Kier alpha value is -3.79.